The number of halogens is 4. The van der Waals surface area contributed by atoms with Gasteiger partial charge in [0, 0.05) is 29.0 Å². The first-order chi connectivity index (χ1) is 24.8. The van der Waals surface area contributed by atoms with Crippen molar-refractivity contribution in [3.8, 4) is 6.01 Å². The number of nitrogens with zero attached hydrogens (tertiary/aromatic N) is 4. The number of anilines is 4. The SMILES string of the molecule is COC(=O)[C@H](CCNC(=O)C(=O)Nc1cccnc1)NC(=O)c1ccc(Nc2nc(NC3(c4ccc(Cl)cc4)CC3)nc(OCC(F)(F)F)n2)cc1. The van der Waals surface area contributed by atoms with E-state index in [0.717, 1.165) is 12.7 Å². The summed E-state index contributed by atoms with van der Waals surface area (Å²) in [5, 5.41) is 13.9. The van der Waals surface area contributed by atoms with Crippen LogP contribution in [0.15, 0.2) is 73.1 Å². The Morgan fingerprint density at radius 2 is 1.63 bits per heavy atom. The lowest BCUT2D eigenvalue weighted by atomic mass is 10.1. The quantitative estimate of drug-likeness (QED) is 0.0917. The molecule has 0 radical (unpaired) electrons. The van der Waals surface area contributed by atoms with Crippen LogP contribution in [0.3, 0.4) is 0 Å². The molecule has 2 heterocycles. The maximum atomic E-state index is 13.0. The number of carbonyl (C=O) groups is 4. The van der Waals surface area contributed by atoms with Crippen molar-refractivity contribution in [1.82, 2.24) is 30.6 Å². The van der Waals surface area contributed by atoms with Gasteiger partial charge < -0.3 is 36.1 Å². The molecule has 1 fully saturated rings. The van der Waals surface area contributed by atoms with Gasteiger partial charge in [-0.2, -0.15) is 28.1 Å². The van der Waals surface area contributed by atoms with Crippen molar-refractivity contribution >= 4 is 58.6 Å². The highest BCUT2D eigenvalue weighted by molar-refractivity contribution is 6.39. The number of amides is 3. The summed E-state index contributed by atoms with van der Waals surface area (Å²) in [6.07, 6.45) is -0.457. The third-order valence-electron chi connectivity index (χ3n) is 7.52. The van der Waals surface area contributed by atoms with Gasteiger partial charge in [0.25, 0.3) is 5.91 Å². The second-order valence-corrected chi connectivity index (χ2v) is 11.8. The average Bonchev–Trinajstić information content (AvgIpc) is 3.90. The second-order valence-electron chi connectivity index (χ2n) is 11.4. The number of rotatable bonds is 14. The molecule has 272 valence electrons. The lowest BCUT2D eigenvalue weighted by Gasteiger charge is -2.19. The van der Waals surface area contributed by atoms with Gasteiger partial charge in [-0.3, -0.25) is 19.4 Å². The van der Waals surface area contributed by atoms with Crippen LogP contribution in [0.2, 0.25) is 5.02 Å². The van der Waals surface area contributed by atoms with E-state index in [-0.39, 0.29) is 30.4 Å². The summed E-state index contributed by atoms with van der Waals surface area (Å²) in [6, 6.07) is 14.3. The minimum Gasteiger partial charge on any atom is -0.467 e. The average molecular weight is 742 g/mol. The van der Waals surface area contributed by atoms with Crippen LogP contribution in [-0.4, -0.2) is 76.1 Å². The summed E-state index contributed by atoms with van der Waals surface area (Å²) in [4.78, 5) is 65.9. The summed E-state index contributed by atoms with van der Waals surface area (Å²) >= 11 is 6.02. The minimum absolute atomic E-state index is 0.0303. The van der Waals surface area contributed by atoms with Crippen LogP contribution in [0, 0.1) is 0 Å². The molecule has 5 N–H and O–H groups in total. The fraction of sp³-hybridized carbons (Fsp3) is 0.273. The number of hydrogen-bond acceptors (Lipinski definition) is 12. The van der Waals surface area contributed by atoms with Crippen LogP contribution >= 0.6 is 11.6 Å². The monoisotopic (exact) mass is 741 g/mol. The smallest absolute Gasteiger partial charge is 0.422 e. The maximum Gasteiger partial charge on any atom is 0.422 e. The summed E-state index contributed by atoms with van der Waals surface area (Å²) in [6.45, 7) is -1.77. The van der Waals surface area contributed by atoms with Crippen molar-refractivity contribution in [1.29, 1.82) is 0 Å². The number of pyridine rings is 1. The van der Waals surface area contributed by atoms with E-state index in [1.165, 1.54) is 36.7 Å². The number of aromatic nitrogens is 4. The van der Waals surface area contributed by atoms with Crippen LogP contribution in [-0.2, 0) is 24.7 Å². The summed E-state index contributed by atoms with van der Waals surface area (Å²) in [7, 11) is 1.13. The molecule has 2 aromatic carbocycles. The van der Waals surface area contributed by atoms with Gasteiger partial charge in [-0.05, 0) is 73.4 Å². The number of hydrogen-bond donors (Lipinski definition) is 5. The second kappa shape index (κ2) is 16.3. The van der Waals surface area contributed by atoms with Gasteiger partial charge >= 0.3 is 30.0 Å². The Hall–Kier alpha value is -6.04. The van der Waals surface area contributed by atoms with E-state index in [4.69, 9.17) is 21.1 Å². The van der Waals surface area contributed by atoms with E-state index in [1.807, 2.05) is 12.1 Å². The van der Waals surface area contributed by atoms with E-state index in [9.17, 15) is 32.3 Å². The first-order valence-electron chi connectivity index (χ1n) is 15.6. The Bertz CT molecular complexity index is 1900. The zero-order chi connectivity index (χ0) is 37.3. The van der Waals surface area contributed by atoms with Crippen molar-refractivity contribution in [3.63, 3.8) is 0 Å². The first-order valence-corrected chi connectivity index (χ1v) is 16.0. The molecule has 4 aromatic rings. The normalized spacial score (nSPS) is 13.6. The Morgan fingerprint density at radius 1 is 0.923 bits per heavy atom. The molecule has 2 aromatic heterocycles. The Morgan fingerprint density at radius 3 is 2.27 bits per heavy atom. The van der Waals surface area contributed by atoms with Gasteiger partial charge in [-0.25, -0.2) is 4.79 Å². The van der Waals surface area contributed by atoms with E-state index < -0.39 is 54.1 Å². The fourth-order valence-electron chi connectivity index (χ4n) is 4.77. The van der Waals surface area contributed by atoms with Crippen molar-refractivity contribution in [2.75, 3.05) is 36.2 Å². The van der Waals surface area contributed by atoms with Gasteiger partial charge in [0.2, 0.25) is 11.9 Å². The van der Waals surface area contributed by atoms with Gasteiger partial charge in [-0.1, -0.05) is 23.7 Å². The van der Waals surface area contributed by atoms with Crippen molar-refractivity contribution in [3.05, 3.63) is 89.2 Å². The molecule has 0 saturated heterocycles. The van der Waals surface area contributed by atoms with Gasteiger partial charge in [-0.15, -0.1) is 0 Å². The highest BCUT2D eigenvalue weighted by Crippen LogP contribution is 2.48. The predicted molar refractivity (Wildman–Crippen MR) is 181 cm³/mol. The van der Waals surface area contributed by atoms with E-state index in [0.29, 0.717) is 29.2 Å². The van der Waals surface area contributed by atoms with Crippen LogP contribution in [0.1, 0.15) is 35.2 Å². The van der Waals surface area contributed by atoms with Crippen molar-refractivity contribution in [2.24, 2.45) is 0 Å². The van der Waals surface area contributed by atoms with Crippen LogP contribution in [0.5, 0.6) is 6.01 Å². The molecular weight excluding hydrogens is 711 g/mol. The van der Waals surface area contributed by atoms with Gasteiger partial charge in [0.1, 0.15) is 6.04 Å². The Balaban J connectivity index is 1.21. The molecule has 0 aliphatic heterocycles. The molecule has 0 unspecified atom stereocenters. The lowest BCUT2D eigenvalue weighted by molar-refractivity contribution is -0.154. The summed E-state index contributed by atoms with van der Waals surface area (Å²) in [5.41, 5.74) is 1.13. The zero-order valence-corrected chi connectivity index (χ0v) is 28.0. The highest BCUT2D eigenvalue weighted by atomic mass is 35.5. The van der Waals surface area contributed by atoms with Crippen molar-refractivity contribution < 1.29 is 41.8 Å². The first kappa shape index (κ1) is 37.2. The topological polar surface area (TPSA) is 198 Å². The predicted octanol–water partition coefficient (Wildman–Crippen LogP) is 4.12. The number of alkyl halides is 3. The zero-order valence-electron chi connectivity index (χ0n) is 27.3. The van der Waals surface area contributed by atoms with Gasteiger partial charge in [0.05, 0.1) is 24.5 Å². The molecule has 19 heteroatoms. The van der Waals surface area contributed by atoms with E-state index in [2.05, 4.69) is 46.5 Å². The van der Waals surface area contributed by atoms with Crippen molar-refractivity contribution in [2.45, 2.75) is 37.0 Å². The Kier molecular flexibility index (Phi) is 11.7. The van der Waals surface area contributed by atoms with Crippen LogP contribution < -0.4 is 31.3 Å². The number of benzene rings is 2. The third kappa shape index (κ3) is 10.5. The molecule has 15 nitrogen and oxygen atoms in total. The number of ether oxygens (including phenoxy) is 2. The highest BCUT2D eigenvalue weighted by Gasteiger charge is 2.45. The molecule has 1 saturated carbocycles. The van der Waals surface area contributed by atoms with E-state index in [1.54, 1.807) is 24.3 Å². The number of methoxy groups -OCH3 is 1. The summed E-state index contributed by atoms with van der Waals surface area (Å²) < 4.78 is 48.4. The molecule has 0 spiro atoms. The molecule has 1 atom stereocenters. The lowest BCUT2D eigenvalue weighted by Crippen LogP contribution is -2.44. The van der Waals surface area contributed by atoms with Gasteiger partial charge in [0.15, 0.2) is 6.61 Å². The minimum atomic E-state index is -4.64. The number of nitrogens with one attached hydrogen (secondary N) is 5. The standard InChI is InChI=1S/C33H31ClF3N9O6/c1-51-28(50)24(12-16-39-26(48)27(49)40-23-3-2-15-38-17-23)42-25(47)19-4-10-22(11-5-19)41-29-43-30(45-31(44-29)52-18-33(35,36)37)46-32(13-14-32)20-6-8-21(34)9-7-20/h2-11,15,17,24H,12-14,16,18H2,1H3,(H,39,48)(H,40,49)(H,42,47)(H2,41,43,44,45,46)/t24-/m0/s1. The molecule has 52 heavy (non-hydrogen) atoms. The fourth-order valence-corrected chi connectivity index (χ4v) is 4.90. The molecule has 1 aliphatic rings. The molecule has 3 amide bonds. The molecular formula is C33H31ClF3N9O6. The summed E-state index contributed by atoms with van der Waals surface area (Å²) in [5.74, 6) is -3.52. The van der Waals surface area contributed by atoms with Crippen LogP contribution in [0.4, 0.5) is 36.4 Å². The molecule has 0 bridgehead atoms. The maximum absolute atomic E-state index is 13.0. The van der Waals surface area contributed by atoms with Crippen LogP contribution in [0.25, 0.3) is 0 Å². The number of carbonyl (C=O) groups excluding carboxylic acids is 4. The largest absolute Gasteiger partial charge is 0.467 e. The molecule has 1 aliphatic carbocycles. The third-order valence-corrected chi connectivity index (χ3v) is 7.77. The Labute approximate surface area is 299 Å². The molecule has 5 rings (SSSR count). The van der Waals surface area contributed by atoms with E-state index >= 15 is 0 Å². The number of esters is 1.